The van der Waals surface area contributed by atoms with Gasteiger partial charge in [0, 0.05) is 36.5 Å². The van der Waals surface area contributed by atoms with Crippen LogP contribution < -0.4 is 10.4 Å². The second-order valence-corrected chi connectivity index (χ2v) is 5.72. The van der Waals surface area contributed by atoms with Gasteiger partial charge in [0.1, 0.15) is 17.1 Å². The summed E-state index contributed by atoms with van der Waals surface area (Å²) in [6.45, 7) is 0.526. The zero-order valence-corrected chi connectivity index (χ0v) is 13.6. The van der Waals surface area contributed by atoms with E-state index in [9.17, 15) is 4.79 Å². The summed E-state index contributed by atoms with van der Waals surface area (Å²) in [5.74, 6) is 1.14. The number of aromatic nitrogens is 2. The molecular formula is C20H13N3O3. The van der Waals surface area contributed by atoms with Crippen molar-refractivity contribution in [3.63, 3.8) is 0 Å². The fourth-order valence-electron chi connectivity index (χ4n) is 2.72. The largest absolute Gasteiger partial charge is 0.457 e. The molecule has 0 atom stereocenters. The van der Waals surface area contributed by atoms with Gasteiger partial charge in [0.15, 0.2) is 0 Å². The van der Waals surface area contributed by atoms with Crippen LogP contribution in [0, 0.1) is 11.3 Å². The lowest BCUT2D eigenvalue weighted by Gasteiger charge is -2.09. The number of rotatable bonds is 4. The van der Waals surface area contributed by atoms with Crippen molar-refractivity contribution >= 4 is 11.0 Å². The van der Waals surface area contributed by atoms with Gasteiger partial charge in [-0.05, 0) is 42.0 Å². The molecule has 2 heterocycles. The van der Waals surface area contributed by atoms with Crippen LogP contribution in [0.4, 0.5) is 0 Å². The first-order valence-electron chi connectivity index (χ1n) is 7.92. The average Bonchev–Trinajstić information content (AvgIpc) is 3.15. The van der Waals surface area contributed by atoms with Crippen LogP contribution in [0.25, 0.3) is 11.0 Å². The third kappa shape index (κ3) is 3.19. The van der Waals surface area contributed by atoms with Crippen molar-refractivity contribution in [2.45, 2.75) is 6.54 Å². The van der Waals surface area contributed by atoms with E-state index >= 15 is 0 Å². The van der Waals surface area contributed by atoms with Gasteiger partial charge in [0.05, 0.1) is 18.0 Å². The Morgan fingerprint density at radius 2 is 1.92 bits per heavy atom. The zero-order chi connectivity index (χ0) is 17.9. The molecule has 0 amide bonds. The van der Waals surface area contributed by atoms with Crippen molar-refractivity contribution in [1.82, 2.24) is 9.55 Å². The first-order chi connectivity index (χ1) is 12.7. The molecule has 2 aromatic heterocycles. The van der Waals surface area contributed by atoms with Crippen LogP contribution in [-0.4, -0.2) is 9.55 Å². The lowest BCUT2D eigenvalue weighted by molar-refractivity contribution is 0.480. The molecule has 0 aliphatic heterocycles. The topological polar surface area (TPSA) is 81.0 Å². The van der Waals surface area contributed by atoms with E-state index < -0.39 is 5.63 Å². The van der Waals surface area contributed by atoms with E-state index in [2.05, 4.69) is 11.1 Å². The molecule has 0 spiro atoms. The van der Waals surface area contributed by atoms with Gasteiger partial charge in [-0.1, -0.05) is 0 Å². The van der Waals surface area contributed by atoms with Crippen LogP contribution in [0.1, 0.15) is 11.1 Å². The van der Waals surface area contributed by atoms with Crippen LogP contribution in [-0.2, 0) is 6.54 Å². The van der Waals surface area contributed by atoms with Crippen molar-refractivity contribution < 1.29 is 9.15 Å². The summed E-state index contributed by atoms with van der Waals surface area (Å²) in [7, 11) is 0. The number of ether oxygens (including phenoxy) is 1. The third-order valence-corrected chi connectivity index (χ3v) is 3.93. The maximum atomic E-state index is 11.9. The van der Waals surface area contributed by atoms with Gasteiger partial charge < -0.3 is 13.7 Å². The summed E-state index contributed by atoms with van der Waals surface area (Å²) in [5.41, 5.74) is 1.45. The molecule has 6 heteroatoms. The predicted octanol–water partition coefficient (Wildman–Crippen LogP) is 3.70. The number of benzene rings is 2. The Labute approximate surface area is 148 Å². The highest BCUT2D eigenvalue weighted by molar-refractivity contribution is 5.81. The summed E-state index contributed by atoms with van der Waals surface area (Å²) in [5, 5.41) is 9.68. The highest BCUT2D eigenvalue weighted by Crippen LogP contribution is 2.27. The van der Waals surface area contributed by atoms with E-state index in [-0.39, 0.29) is 0 Å². The van der Waals surface area contributed by atoms with Gasteiger partial charge >= 0.3 is 5.63 Å². The second-order valence-electron chi connectivity index (χ2n) is 5.72. The fraction of sp³-hybridized carbons (Fsp3) is 0.0500. The van der Waals surface area contributed by atoms with Gasteiger partial charge in [-0.2, -0.15) is 5.26 Å². The smallest absolute Gasteiger partial charge is 0.336 e. The molecule has 0 aliphatic rings. The molecule has 0 fully saturated rings. The van der Waals surface area contributed by atoms with E-state index in [1.807, 2.05) is 22.9 Å². The molecule has 2 aromatic carbocycles. The van der Waals surface area contributed by atoms with Crippen LogP contribution >= 0.6 is 0 Å². The van der Waals surface area contributed by atoms with Crippen molar-refractivity contribution in [1.29, 1.82) is 5.26 Å². The minimum atomic E-state index is -0.414. The Hall–Kier alpha value is -3.85. The number of nitriles is 1. The number of imidazole rings is 1. The van der Waals surface area contributed by atoms with Gasteiger partial charge in [-0.3, -0.25) is 0 Å². The second kappa shape index (κ2) is 6.57. The Bertz CT molecular complexity index is 1150. The maximum absolute atomic E-state index is 11.9. The van der Waals surface area contributed by atoms with E-state index in [4.69, 9.17) is 14.4 Å². The summed E-state index contributed by atoms with van der Waals surface area (Å²) in [6, 6.07) is 15.7. The summed E-state index contributed by atoms with van der Waals surface area (Å²) < 4.78 is 13.0. The van der Waals surface area contributed by atoms with Crippen molar-refractivity contribution in [2.24, 2.45) is 0 Å². The Morgan fingerprint density at radius 1 is 1.12 bits per heavy atom. The first kappa shape index (κ1) is 15.7. The van der Waals surface area contributed by atoms with E-state index in [0.717, 1.165) is 10.9 Å². The lowest BCUT2D eigenvalue weighted by Crippen LogP contribution is -2.04. The van der Waals surface area contributed by atoms with Crippen LogP contribution in [0.3, 0.4) is 0 Å². The van der Waals surface area contributed by atoms with Gasteiger partial charge in [0.25, 0.3) is 0 Å². The third-order valence-electron chi connectivity index (χ3n) is 3.93. The highest BCUT2D eigenvalue weighted by atomic mass is 16.5. The normalized spacial score (nSPS) is 10.6. The molecule has 0 unspecified atom stereocenters. The molecule has 0 radical (unpaired) electrons. The molecule has 4 aromatic rings. The molecule has 26 heavy (non-hydrogen) atoms. The fourth-order valence-corrected chi connectivity index (χ4v) is 2.72. The lowest BCUT2D eigenvalue weighted by atomic mass is 10.1. The number of hydrogen-bond acceptors (Lipinski definition) is 5. The Balaban J connectivity index is 1.68. The van der Waals surface area contributed by atoms with E-state index in [1.54, 1.807) is 42.9 Å². The molecule has 0 saturated heterocycles. The Morgan fingerprint density at radius 3 is 2.65 bits per heavy atom. The monoisotopic (exact) mass is 343 g/mol. The molecule has 0 N–H and O–H groups in total. The number of nitrogens with zero attached hydrogens (tertiary/aromatic N) is 3. The van der Waals surface area contributed by atoms with E-state index in [1.165, 1.54) is 6.07 Å². The zero-order valence-electron chi connectivity index (χ0n) is 13.6. The van der Waals surface area contributed by atoms with Crippen molar-refractivity contribution in [3.05, 3.63) is 88.8 Å². The minimum Gasteiger partial charge on any atom is -0.457 e. The maximum Gasteiger partial charge on any atom is 0.336 e. The SMILES string of the molecule is N#Cc1ccc(Oc2ccc3c(Cn4ccnc4)cc(=O)oc3c2)cc1. The first-order valence-corrected chi connectivity index (χ1v) is 7.92. The number of fused-ring (bicyclic) bond motifs is 1. The molecule has 4 rings (SSSR count). The summed E-state index contributed by atoms with van der Waals surface area (Å²) >= 11 is 0. The Kier molecular flexibility index (Phi) is 3.96. The van der Waals surface area contributed by atoms with Crippen LogP contribution in [0.2, 0.25) is 0 Å². The summed E-state index contributed by atoms with van der Waals surface area (Å²) in [4.78, 5) is 15.9. The quantitative estimate of drug-likeness (QED) is 0.528. The average molecular weight is 343 g/mol. The molecule has 6 nitrogen and oxygen atoms in total. The number of hydrogen-bond donors (Lipinski definition) is 0. The van der Waals surface area contributed by atoms with E-state index in [0.29, 0.717) is 29.2 Å². The molecule has 0 saturated carbocycles. The molecular weight excluding hydrogens is 330 g/mol. The highest BCUT2D eigenvalue weighted by Gasteiger charge is 2.08. The molecule has 126 valence electrons. The predicted molar refractivity (Wildman–Crippen MR) is 95.0 cm³/mol. The van der Waals surface area contributed by atoms with Crippen LogP contribution in [0.15, 0.2) is 76.5 Å². The van der Waals surface area contributed by atoms with Crippen LogP contribution in [0.5, 0.6) is 11.5 Å². The van der Waals surface area contributed by atoms with Gasteiger partial charge in [-0.25, -0.2) is 9.78 Å². The van der Waals surface area contributed by atoms with Gasteiger partial charge in [-0.15, -0.1) is 0 Å². The van der Waals surface area contributed by atoms with Crippen molar-refractivity contribution in [3.8, 4) is 17.6 Å². The van der Waals surface area contributed by atoms with Crippen molar-refractivity contribution in [2.75, 3.05) is 0 Å². The standard InChI is InChI=1S/C20H13N3O3/c21-11-14-1-3-16(4-2-14)25-17-5-6-18-15(12-23-8-7-22-13-23)9-20(24)26-19(18)10-17/h1-10,13H,12H2. The van der Waals surface area contributed by atoms with Gasteiger partial charge in [0.2, 0.25) is 0 Å². The molecule has 0 aliphatic carbocycles. The molecule has 0 bridgehead atoms. The summed E-state index contributed by atoms with van der Waals surface area (Å²) in [6.07, 6.45) is 5.23. The minimum absolute atomic E-state index is 0.414.